The van der Waals surface area contributed by atoms with E-state index in [0.717, 1.165) is 5.56 Å². The highest BCUT2D eigenvalue weighted by molar-refractivity contribution is 9.10. The lowest BCUT2D eigenvalue weighted by atomic mass is 10.0. The molecule has 0 aromatic heterocycles. The number of hydrogen-bond donors (Lipinski definition) is 1. The number of nitrogens with two attached hydrogens (primary N) is 1. The summed E-state index contributed by atoms with van der Waals surface area (Å²) in [5.41, 5.74) is 7.81. The van der Waals surface area contributed by atoms with Gasteiger partial charge in [-0.3, -0.25) is 4.79 Å². The van der Waals surface area contributed by atoms with Gasteiger partial charge in [0.05, 0.1) is 0 Å². The van der Waals surface area contributed by atoms with Gasteiger partial charge < -0.3 is 5.73 Å². The van der Waals surface area contributed by atoms with E-state index >= 15 is 0 Å². The number of aryl methyl sites for hydroxylation is 1. The van der Waals surface area contributed by atoms with Crippen LogP contribution in [0.4, 0.5) is 10.1 Å². The van der Waals surface area contributed by atoms with Crippen LogP contribution >= 0.6 is 15.9 Å². The molecule has 104 valence electrons. The van der Waals surface area contributed by atoms with Gasteiger partial charge in [0.25, 0.3) is 0 Å². The Labute approximate surface area is 125 Å². The van der Waals surface area contributed by atoms with Crippen molar-refractivity contribution in [2.24, 2.45) is 0 Å². The maximum Gasteiger partial charge on any atom is 0.137 e. The maximum atomic E-state index is 13.6. The van der Waals surface area contributed by atoms with Gasteiger partial charge in [-0.1, -0.05) is 34.1 Å². The van der Waals surface area contributed by atoms with Crippen molar-refractivity contribution in [2.45, 2.75) is 19.3 Å². The molecule has 4 heteroatoms. The van der Waals surface area contributed by atoms with Crippen LogP contribution < -0.4 is 5.73 Å². The predicted octanol–water partition coefficient (Wildman–Crippen LogP) is 3.91. The Morgan fingerprint density at radius 1 is 1.15 bits per heavy atom. The first kappa shape index (κ1) is 14.7. The van der Waals surface area contributed by atoms with Gasteiger partial charge in [-0.15, -0.1) is 0 Å². The molecule has 0 bridgehead atoms. The first-order chi connectivity index (χ1) is 9.54. The second kappa shape index (κ2) is 6.66. The summed E-state index contributed by atoms with van der Waals surface area (Å²) >= 11 is 3.19. The minimum absolute atomic E-state index is 0.0306. The van der Waals surface area contributed by atoms with Crippen LogP contribution in [-0.2, 0) is 17.6 Å². The zero-order chi connectivity index (χ0) is 14.5. The van der Waals surface area contributed by atoms with Gasteiger partial charge in [-0.25, -0.2) is 4.39 Å². The van der Waals surface area contributed by atoms with Gasteiger partial charge in [0.2, 0.25) is 0 Å². The van der Waals surface area contributed by atoms with Gasteiger partial charge in [0, 0.05) is 23.0 Å². The second-order valence-corrected chi connectivity index (χ2v) is 5.61. The molecule has 0 aliphatic rings. The van der Waals surface area contributed by atoms with Crippen LogP contribution in [0.2, 0.25) is 0 Å². The van der Waals surface area contributed by atoms with Gasteiger partial charge in [0.15, 0.2) is 0 Å². The Balaban J connectivity index is 1.90. The molecule has 0 fully saturated rings. The Bertz CT molecular complexity index is 610. The summed E-state index contributed by atoms with van der Waals surface area (Å²) in [6, 6.07) is 12.2. The number of hydrogen-bond acceptors (Lipinski definition) is 2. The van der Waals surface area contributed by atoms with Crippen LogP contribution in [-0.4, -0.2) is 5.78 Å². The molecule has 0 saturated carbocycles. The zero-order valence-corrected chi connectivity index (χ0v) is 12.5. The number of carbonyl (C=O) groups is 1. The fraction of sp³-hybridized carbons (Fsp3) is 0.188. The molecule has 0 radical (unpaired) electrons. The lowest BCUT2D eigenvalue weighted by Gasteiger charge is -2.04. The molecule has 2 aromatic carbocycles. The summed E-state index contributed by atoms with van der Waals surface area (Å²) in [4.78, 5) is 11.9. The number of nitrogen functional groups attached to an aromatic ring is 1. The van der Waals surface area contributed by atoms with E-state index in [1.54, 1.807) is 12.1 Å². The first-order valence-electron chi connectivity index (χ1n) is 6.34. The van der Waals surface area contributed by atoms with E-state index in [1.807, 2.05) is 24.3 Å². The Hall–Kier alpha value is -1.68. The van der Waals surface area contributed by atoms with E-state index in [9.17, 15) is 9.18 Å². The predicted molar refractivity (Wildman–Crippen MR) is 82.0 cm³/mol. The molecule has 0 atom stereocenters. The second-order valence-electron chi connectivity index (χ2n) is 4.69. The summed E-state index contributed by atoms with van der Waals surface area (Å²) in [7, 11) is 0. The van der Waals surface area contributed by atoms with Crippen molar-refractivity contribution in [1.29, 1.82) is 0 Å². The van der Waals surface area contributed by atoms with Crippen molar-refractivity contribution in [3.63, 3.8) is 0 Å². The molecule has 2 nitrogen and oxygen atoms in total. The molecule has 2 aromatic rings. The maximum absolute atomic E-state index is 13.6. The highest BCUT2D eigenvalue weighted by Gasteiger charge is 2.09. The summed E-state index contributed by atoms with van der Waals surface area (Å²) in [5, 5.41) is 0. The standard InChI is InChI=1S/C16H15BrFNO/c17-13-5-4-12(16(18)10-13)9-15(20)8-3-11-1-6-14(19)7-2-11/h1-2,4-7,10H,3,8-9,19H2. The van der Waals surface area contributed by atoms with E-state index in [2.05, 4.69) is 15.9 Å². The SMILES string of the molecule is Nc1ccc(CCC(=O)Cc2ccc(Br)cc2F)cc1. The normalized spacial score (nSPS) is 10.5. The third-order valence-electron chi connectivity index (χ3n) is 3.07. The lowest BCUT2D eigenvalue weighted by molar-refractivity contribution is -0.118. The molecule has 0 saturated heterocycles. The number of anilines is 1. The molecule has 0 heterocycles. The van der Waals surface area contributed by atoms with E-state index in [4.69, 9.17) is 5.73 Å². The number of rotatable bonds is 5. The van der Waals surface area contributed by atoms with E-state index in [1.165, 1.54) is 6.07 Å². The van der Waals surface area contributed by atoms with Crippen LogP contribution in [0.3, 0.4) is 0 Å². The molecular weight excluding hydrogens is 321 g/mol. The van der Waals surface area contributed by atoms with Gasteiger partial charge in [-0.05, 0) is 41.8 Å². The Morgan fingerprint density at radius 3 is 2.50 bits per heavy atom. The van der Waals surface area contributed by atoms with Crippen molar-refractivity contribution in [3.8, 4) is 0 Å². The number of carbonyl (C=O) groups excluding carboxylic acids is 1. The average molecular weight is 336 g/mol. The number of Topliss-reactive ketones (excluding diaryl/α,β-unsaturated/α-hetero) is 1. The molecule has 20 heavy (non-hydrogen) atoms. The molecule has 0 spiro atoms. The zero-order valence-electron chi connectivity index (χ0n) is 10.9. The van der Waals surface area contributed by atoms with Gasteiger partial charge >= 0.3 is 0 Å². The minimum atomic E-state index is -0.347. The fourth-order valence-electron chi connectivity index (χ4n) is 1.93. The molecule has 0 aliphatic carbocycles. The third-order valence-corrected chi connectivity index (χ3v) is 3.57. The van der Waals surface area contributed by atoms with Crippen molar-refractivity contribution < 1.29 is 9.18 Å². The summed E-state index contributed by atoms with van der Waals surface area (Å²) in [5.74, 6) is -0.316. The van der Waals surface area contributed by atoms with Crippen LogP contribution in [0.15, 0.2) is 46.9 Å². The van der Waals surface area contributed by atoms with Crippen LogP contribution in [0.1, 0.15) is 17.5 Å². The van der Waals surface area contributed by atoms with Crippen molar-refractivity contribution in [2.75, 3.05) is 5.73 Å². The summed E-state index contributed by atoms with van der Waals surface area (Å²) in [6.45, 7) is 0. The number of ketones is 1. The molecule has 2 rings (SSSR count). The van der Waals surface area contributed by atoms with Crippen molar-refractivity contribution >= 4 is 27.4 Å². The molecule has 2 N–H and O–H groups in total. The van der Waals surface area contributed by atoms with Gasteiger partial charge in [-0.2, -0.15) is 0 Å². The summed E-state index contributed by atoms with van der Waals surface area (Å²) < 4.78 is 14.3. The highest BCUT2D eigenvalue weighted by Crippen LogP contribution is 2.16. The number of halogens is 2. The molecular formula is C16H15BrFNO. The van der Waals surface area contributed by atoms with E-state index < -0.39 is 0 Å². The summed E-state index contributed by atoms with van der Waals surface area (Å²) in [6.07, 6.45) is 1.19. The smallest absolute Gasteiger partial charge is 0.137 e. The third kappa shape index (κ3) is 4.17. The van der Waals surface area contributed by atoms with Crippen molar-refractivity contribution in [1.82, 2.24) is 0 Å². The Kier molecular flexibility index (Phi) is 4.90. The fourth-order valence-corrected chi connectivity index (χ4v) is 2.27. The molecule has 0 aliphatic heterocycles. The number of benzene rings is 2. The lowest BCUT2D eigenvalue weighted by Crippen LogP contribution is -2.06. The minimum Gasteiger partial charge on any atom is -0.399 e. The van der Waals surface area contributed by atoms with Crippen LogP contribution in [0, 0.1) is 5.82 Å². The van der Waals surface area contributed by atoms with E-state index in [-0.39, 0.29) is 18.0 Å². The first-order valence-corrected chi connectivity index (χ1v) is 7.14. The topological polar surface area (TPSA) is 43.1 Å². The highest BCUT2D eigenvalue weighted by atomic mass is 79.9. The molecule has 0 unspecified atom stereocenters. The largest absolute Gasteiger partial charge is 0.399 e. The van der Waals surface area contributed by atoms with Crippen LogP contribution in [0.25, 0.3) is 0 Å². The van der Waals surface area contributed by atoms with Crippen LogP contribution in [0.5, 0.6) is 0 Å². The Morgan fingerprint density at radius 2 is 1.85 bits per heavy atom. The van der Waals surface area contributed by atoms with Gasteiger partial charge in [0.1, 0.15) is 11.6 Å². The molecule has 0 amide bonds. The van der Waals surface area contributed by atoms with E-state index in [0.29, 0.717) is 28.6 Å². The van der Waals surface area contributed by atoms with Crippen molar-refractivity contribution in [3.05, 3.63) is 63.9 Å². The monoisotopic (exact) mass is 335 g/mol. The quantitative estimate of drug-likeness (QED) is 0.841. The average Bonchev–Trinajstić information content (AvgIpc) is 2.41.